The molecule has 1 aromatic rings. The Morgan fingerprint density at radius 3 is 2.25 bits per heavy atom. The highest BCUT2D eigenvalue weighted by atomic mass is 16.5. The van der Waals surface area contributed by atoms with Crippen LogP contribution in [-0.2, 0) is 0 Å². The van der Waals surface area contributed by atoms with Crippen LogP contribution in [0.15, 0.2) is 12.1 Å². The summed E-state index contributed by atoms with van der Waals surface area (Å²) in [6.07, 6.45) is 3.67. The molecule has 0 atom stereocenters. The number of aromatic hydroxyl groups is 1. The van der Waals surface area contributed by atoms with Gasteiger partial charge in [-0.1, -0.05) is 26.7 Å². The number of benzene rings is 1. The average Bonchev–Trinajstić information content (AvgIpc) is 2.42. The summed E-state index contributed by atoms with van der Waals surface area (Å²) in [5.41, 5.74) is -0.203. The van der Waals surface area contributed by atoms with Gasteiger partial charge in [-0.2, -0.15) is 0 Å². The zero-order valence-electron chi connectivity index (χ0n) is 12.0. The van der Waals surface area contributed by atoms with Gasteiger partial charge in [0.2, 0.25) is 0 Å². The maximum absolute atomic E-state index is 11.1. The Morgan fingerprint density at radius 1 is 1.10 bits per heavy atom. The van der Waals surface area contributed by atoms with E-state index in [9.17, 15) is 9.90 Å². The lowest BCUT2D eigenvalue weighted by Gasteiger charge is -2.13. The first-order chi connectivity index (χ1) is 9.60. The normalized spacial score (nSPS) is 10.3. The Morgan fingerprint density at radius 2 is 1.70 bits per heavy atom. The van der Waals surface area contributed by atoms with Crippen molar-refractivity contribution < 1.29 is 24.5 Å². The first-order valence-electron chi connectivity index (χ1n) is 6.96. The van der Waals surface area contributed by atoms with Gasteiger partial charge in [-0.15, -0.1) is 0 Å². The summed E-state index contributed by atoms with van der Waals surface area (Å²) < 4.78 is 10.9. The first kappa shape index (κ1) is 16.1. The smallest absolute Gasteiger partial charge is 0.339 e. The number of phenols is 1. The number of carboxylic acids is 1. The summed E-state index contributed by atoms with van der Waals surface area (Å²) in [5, 5.41) is 19.0. The molecule has 5 heteroatoms. The van der Waals surface area contributed by atoms with Gasteiger partial charge in [-0.25, -0.2) is 4.79 Å². The SMILES string of the molecule is CCCCOc1cc(OCCCC)c(O)c(C(=O)O)c1. The van der Waals surface area contributed by atoms with Gasteiger partial charge in [0.15, 0.2) is 11.5 Å². The number of rotatable bonds is 9. The number of aromatic carboxylic acids is 1. The minimum atomic E-state index is -1.20. The second kappa shape index (κ2) is 8.30. The van der Waals surface area contributed by atoms with E-state index in [4.69, 9.17) is 14.6 Å². The van der Waals surface area contributed by atoms with Gasteiger partial charge >= 0.3 is 5.97 Å². The summed E-state index contributed by atoms with van der Waals surface area (Å²) >= 11 is 0. The Labute approximate surface area is 119 Å². The lowest BCUT2D eigenvalue weighted by Crippen LogP contribution is -2.04. The van der Waals surface area contributed by atoms with Crippen molar-refractivity contribution >= 4 is 5.97 Å². The number of hydrogen-bond acceptors (Lipinski definition) is 4. The molecule has 1 aromatic carbocycles. The van der Waals surface area contributed by atoms with Gasteiger partial charge in [0.05, 0.1) is 13.2 Å². The molecule has 112 valence electrons. The zero-order chi connectivity index (χ0) is 15.0. The Kier molecular flexibility index (Phi) is 6.70. The standard InChI is InChI=1S/C15H22O5/c1-3-5-7-19-11-9-12(15(17)18)14(16)13(10-11)20-8-6-4-2/h9-10,16H,3-8H2,1-2H3,(H,17,18). The van der Waals surface area contributed by atoms with Crippen molar-refractivity contribution in [3.8, 4) is 17.2 Å². The summed E-state index contributed by atoms with van der Waals surface area (Å²) in [4.78, 5) is 11.1. The molecule has 0 spiro atoms. The topological polar surface area (TPSA) is 76.0 Å². The monoisotopic (exact) mass is 282 g/mol. The van der Waals surface area contributed by atoms with Crippen LogP contribution < -0.4 is 9.47 Å². The van der Waals surface area contributed by atoms with E-state index in [1.165, 1.54) is 12.1 Å². The lowest BCUT2D eigenvalue weighted by atomic mass is 10.1. The molecule has 5 nitrogen and oxygen atoms in total. The molecular formula is C15H22O5. The third-order valence-corrected chi connectivity index (χ3v) is 2.80. The van der Waals surface area contributed by atoms with Crippen molar-refractivity contribution in [3.63, 3.8) is 0 Å². The van der Waals surface area contributed by atoms with Crippen LogP contribution in [0.2, 0.25) is 0 Å². The number of carboxylic acid groups (broad SMARTS) is 1. The molecule has 2 N–H and O–H groups in total. The molecule has 0 amide bonds. The van der Waals surface area contributed by atoms with Crippen LogP contribution in [0.4, 0.5) is 0 Å². The van der Waals surface area contributed by atoms with Crippen LogP contribution >= 0.6 is 0 Å². The molecule has 0 saturated carbocycles. The molecule has 0 saturated heterocycles. The van der Waals surface area contributed by atoms with E-state index < -0.39 is 5.97 Å². The van der Waals surface area contributed by atoms with Crippen molar-refractivity contribution in [2.24, 2.45) is 0 Å². The van der Waals surface area contributed by atoms with Gasteiger partial charge in [0, 0.05) is 6.07 Å². The summed E-state index contributed by atoms with van der Waals surface area (Å²) in [5.74, 6) is -0.995. The van der Waals surface area contributed by atoms with Crippen LogP contribution in [0.1, 0.15) is 49.9 Å². The highest BCUT2D eigenvalue weighted by Crippen LogP contribution is 2.35. The largest absolute Gasteiger partial charge is 0.504 e. The van der Waals surface area contributed by atoms with Crippen LogP contribution in [0, 0.1) is 0 Å². The fourth-order valence-electron chi connectivity index (χ4n) is 1.60. The number of ether oxygens (including phenoxy) is 2. The maximum Gasteiger partial charge on any atom is 0.339 e. The zero-order valence-corrected chi connectivity index (χ0v) is 12.0. The summed E-state index contributed by atoms with van der Waals surface area (Å²) in [7, 11) is 0. The quantitative estimate of drug-likeness (QED) is 0.678. The van der Waals surface area contributed by atoms with Crippen LogP contribution in [0.3, 0.4) is 0 Å². The minimum Gasteiger partial charge on any atom is -0.504 e. The second-order valence-corrected chi connectivity index (χ2v) is 4.53. The van der Waals surface area contributed by atoms with E-state index in [-0.39, 0.29) is 17.1 Å². The van der Waals surface area contributed by atoms with Crippen molar-refractivity contribution in [2.45, 2.75) is 39.5 Å². The maximum atomic E-state index is 11.1. The molecular weight excluding hydrogens is 260 g/mol. The van der Waals surface area contributed by atoms with Crippen molar-refractivity contribution in [3.05, 3.63) is 17.7 Å². The fraction of sp³-hybridized carbons (Fsp3) is 0.533. The molecule has 0 unspecified atom stereocenters. The lowest BCUT2D eigenvalue weighted by molar-refractivity contribution is 0.0692. The third-order valence-electron chi connectivity index (χ3n) is 2.80. The Bertz CT molecular complexity index is 442. The number of carbonyl (C=O) groups is 1. The molecule has 20 heavy (non-hydrogen) atoms. The summed E-state index contributed by atoms with van der Waals surface area (Å²) in [6.45, 7) is 5.01. The molecule has 0 heterocycles. The van der Waals surface area contributed by atoms with Gasteiger partial charge in [0.25, 0.3) is 0 Å². The van der Waals surface area contributed by atoms with Crippen LogP contribution in [0.25, 0.3) is 0 Å². The van der Waals surface area contributed by atoms with Crippen LogP contribution in [0.5, 0.6) is 17.2 Å². The third kappa shape index (κ3) is 4.64. The molecule has 0 radical (unpaired) electrons. The van der Waals surface area contributed by atoms with Gasteiger partial charge in [0.1, 0.15) is 11.3 Å². The summed E-state index contributed by atoms with van der Waals surface area (Å²) in [6, 6.07) is 2.85. The van der Waals surface area contributed by atoms with E-state index in [0.29, 0.717) is 19.0 Å². The van der Waals surface area contributed by atoms with E-state index in [1.807, 2.05) is 13.8 Å². The van der Waals surface area contributed by atoms with Crippen molar-refractivity contribution in [2.75, 3.05) is 13.2 Å². The number of unbranched alkanes of at least 4 members (excludes halogenated alkanes) is 2. The molecule has 1 rings (SSSR count). The van der Waals surface area contributed by atoms with E-state index >= 15 is 0 Å². The molecule has 0 aliphatic heterocycles. The molecule has 0 aromatic heterocycles. The molecule has 0 fully saturated rings. The number of hydrogen-bond donors (Lipinski definition) is 2. The van der Waals surface area contributed by atoms with Crippen molar-refractivity contribution in [1.29, 1.82) is 0 Å². The minimum absolute atomic E-state index is 0.157. The highest BCUT2D eigenvalue weighted by molar-refractivity contribution is 5.92. The average molecular weight is 282 g/mol. The molecule has 0 aliphatic carbocycles. The predicted molar refractivity (Wildman–Crippen MR) is 75.9 cm³/mol. The second-order valence-electron chi connectivity index (χ2n) is 4.53. The van der Waals surface area contributed by atoms with Gasteiger partial charge in [-0.05, 0) is 18.9 Å². The van der Waals surface area contributed by atoms with Crippen molar-refractivity contribution in [1.82, 2.24) is 0 Å². The predicted octanol–water partition coefficient (Wildman–Crippen LogP) is 3.45. The first-order valence-corrected chi connectivity index (χ1v) is 6.96. The van der Waals surface area contributed by atoms with Gasteiger partial charge < -0.3 is 19.7 Å². The molecule has 0 bridgehead atoms. The van der Waals surface area contributed by atoms with E-state index in [1.54, 1.807) is 0 Å². The van der Waals surface area contributed by atoms with E-state index in [2.05, 4.69) is 0 Å². The van der Waals surface area contributed by atoms with Gasteiger partial charge in [-0.3, -0.25) is 0 Å². The fourth-order valence-corrected chi connectivity index (χ4v) is 1.60. The Balaban J connectivity index is 2.92. The highest BCUT2D eigenvalue weighted by Gasteiger charge is 2.17. The van der Waals surface area contributed by atoms with E-state index in [0.717, 1.165) is 25.7 Å². The molecule has 0 aliphatic rings. The Hall–Kier alpha value is -1.91. The van der Waals surface area contributed by atoms with Crippen LogP contribution in [-0.4, -0.2) is 29.4 Å².